The molecule has 0 aromatic heterocycles. The molecule has 1 aromatic rings. The summed E-state index contributed by atoms with van der Waals surface area (Å²) < 4.78 is 0. The minimum atomic E-state index is -0.330. The average Bonchev–Trinajstić information content (AvgIpc) is 2.39. The highest BCUT2D eigenvalue weighted by Gasteiger charge is 2.32. The van der Waals surface area contributed by atoms with Crippen molar-refractivity contribution < 1.29 is 4.92 Å². The third kappa shape index (κ3) is 2.33. The standard InChI is InChI=1S/C14H19NO2/c1-2-14(10-4-3-5-11-14)12-6-8-13(9-7-12)15(16)17/h6-9H,2-5,10-11H2,1H3. The Kier molecular flexibility index (Phi) is 3.46. The first kappa shape index (κ1) is 12.1. The van der Waals surface area contributed by atoms with E-state index < -0.39 is 0 Å². The Bertz CT molecular complexity index is 391. The van der Waals surface area contributed by atoms with Crippen molar-refractivity contribution in [1.82, 2.24) is 0 Å². The van der Waals surface area contributed by atoms with Gasteiger partial charge in [-0.1, -0.05) is 38.3 Å². The van der Waals surface area contributed by atoms with Crippen LogP contribution in [-0.4, -0.2) is 4.92 Å². The molecule has 0 spiro atoms. The van der Waals surface area contributed by atoms with E-state index in [9.17, 15) is 10.1 Å². The molecule has 1 aromatic carbocycles. The van der Waals surface area contributed by atoms with Crippen LogP contribution in [0.5, 0.6) is 0 Å². The molecular formula is C14H19NO2. The second-order valence-corrected chi connectivity index (χ2v) is 5.00. The van der Waals surface area contributed by atoms with Crippen molar-refractivity contribution in [2.45, 2.75) is 50.9 Å². The van der Waals surface area contributed by atoms with Crippen molar-refractivity contribution in [1.29, 1.82) is 0 Å². The van der Waals surface area contributed by atoms with E-state index in [1.807, 2.05) is 12.1 Å². The lowest BCUT2D eigenvalue weighted by molar-refractivity contribution is -0.384. The zero-order valence-corrected chi connectivity index (χ0v) is 10.3. The number of hydrogen-bond donors (Lipinski definition) is 0. The number of nitro groups is 1. The summed E-state index contributed by atoms with van der Waals surface area (Å²) in [6.07, 6.45) is 7.47. The molecule has 0 heterocycles. The highest BCUT2D eigenvalue weighted by molar-refractivity contribution is 5.36. The molecular weight excluding hydrogens is 214 g/mol. The van der Waals surface area contributed by atoms with Crippen LogP contribution in [0.2, 0.25) is 0 Å². The number of hydrogen-bond acceptors (Lipinski definition) is 2. The fourth-order valence-electron chi connectivity index (χ4n) is 3.01. The Balaban J connectivity index is 2.27. The number of nitrogens with zero attached hydrogens (tertiary/aromatic N) is 1. The third-order valence-electron chi connectivity index (χ3n) is 4.18. The molecule has 17 heavy (non-hydrogen) atoms. The van der Waals surface area contributed by atoms with E-state index in [1.54, 1.807) is 12.1 Å². The van der Waals surface area contributed by atoms with Gasteiger partial charge in [0.25, 0.3) is 5.69 Å². The molecule has 2 rings (SSSR count). The largest absolute Gasteiger partial charge is 0.269 e. The lowest BCUT2D eigenvalue weighted by atomic mass is 9.68. The van der Waals surface area contributed by atoms with Crippen LogP contribution in [0.15, 0.2) is 24.3 Å². The molecule has 0 unspecified atom stereocenters. The summed E-state index contributed by atoms with van der Waals surface area (Å²) in [6, 6.07) is 7.18. The number of benzene rings is 1. The quantitative estimate of drug-likeness (QED) is 0.580. The van der Waals surface area contributed by atoms with Crippen LogP contribution >= 0.6 is 0 Å². The van der Waals surface area contributed by atoms with E-state index in [0.29, 0.717) is 0 Å². The average molecular weight is 233 g/mol. The zero-order chi connectivity index (χ0) is 12.3. The van der Waals surface area contributed by atoms with E-state index in [0.717, 1.165) is 6.42 Å². The smallest absolute Gasteiger partial charge is 0.258 e. The number of nitro benzene ring substituents is 1. The summed E-state index contributed by atoms with van der Waals surface area (Å²) in [6.45, 7) is 2.23. The number of non-ortho nitro benzene ring substituents is 1. The van der Waals surface area contributed by atoms with Crippen molar-refractivity contribution >= 4 is 5.69 Å². The zero-order valence-electron chi connectivity index (χ0n) is 10.3. The van der Waals surface area contributed by atoms with Gasteiger partial charge in [-0.3, -0.25) is 10.1 Å². The second-order valence-electron chi connectivity index (χ2n) is 5.00. The first-order chi connectivity index (χ1) is 8.18. The molecule has 0 saturated heterocycles. The van der Waals surface area contributed by atoms with Gasteiger partial charge < -0.3 is 0 Å². The molecule has 1 fully saturated rings. The van der Waals surface area contributed by atoms with E-state index in [-0.39, 0.29) is 16.0 Å². The first-order valence-electron chi connectivity index (χ1n) is 6.43. The van der Waals surface area contributed by atoms with Gasteiger partial charge in [-0.05, 0) is 30.2 Å². The second kappa shape index (κ2) is 4.86. The maximum Gasteiger partial charge on any atom is 0.269 e. The fraction of sp³-hybridized carbons (Fsp3) is 0.571. The predicted molar refractivity (Wildman–Crippen MR) is 68.2 cm³/mol. The molecule has 0 atom stereocenters. The van der Waals surface area contributed by atoms with Crippen molar-refractivity contribution in [2.24, 2.45) is 0 Å². The van der Waals surface area contributed by atoms with Gasteiger partial charge >= 0.3 is 0 Å². The summed E-state index contributed by atoms with van der Waals surface area (Å²) >= 11 is 0. The highest BCUT2D eigenvalue weighted by atomic mass is 16.6. The molecule has 3 nitrogen and oxygen atoms in total. The molecule has 0 bridgehead atoms. The monoisotopic (exact) mass is 233 g/mol. The van der Waals surface area contributed by atoms with Crippen LogP contribution in [0.3, 0.4) is 0 Å². The van der Waals surface area contributed by atoms with Crippen LogP contribution in [0.1, 0.15) is 51.0 Å². The summed E-state index contributed by atoms with van der Waals surface area (Å²) in [5.41, 5.74) is 1.74. The van der Waals surface area contributed by atoms with Gasteiger partial charge in [0.05, 0.1) is 4.92 Å². The van der Waals surface area contributed by atoms with Crippen LogP contribution < -0.4 is 0 Å². The maximum atomic E-state index is 10.6. The summed E-state index contributed by atoms with van der Waals surface area (Å²) in [5, 5.41) is 10.6. The van der Waals surface area contributed by atoms with Gasteiger partial charge in [-0.2, -0.15) is 0 Å². The topological polar surface area (TPSA) is 43.1 Å². The Labute approximate surface area is 102 Å². The lowest BCUT2D eigenvalue weighted by Gasteiger charge is -2.37. The van der Waals surface area contributed by atoms with Crippen LogP contribution in [0, 0.1) is 10.1 Å². The molecule has 1 aliphatic carbocycles. The van der Waals surface area contributed by atoms with E-state index >= 15 is 0 Å². The SMILES string of the molecule is CCC1(c2ccc([N+](=O)[O-])cc2)CCCCC1. The minimum Gasteiger partial charge on any atom is -0.258 e. The first-order valence-corrected chi connectivity index (χ1v) is 6.43. The summed E-state index contributed by atoms with van der Waals surface area (Å²) in [7, 11) is 0. The molecule has 92 valence electrons. The fourth-order valence-corrected chi connectivity index (χ4v) is 3.01. The number of rotatable bonds is 3. The Hall–Kier alpha value is -1.38. The molecule has 0 amide bonds. The van der Waals surface area contributed by atoms with E-state index in [4.69, 9.17) is 0 Å². The van der Waals surface area contributed by atoms with Gasteiger partial charge in [0.15, 0.2) is 0 Å². The third-order valence-corrected chi connectivity index (χ3v) is 4.18. The molecule has 0 N–H and O–H groups in total. The van der Waals surface area contributed by atoms with Crippen molar-refractivity contribution in [2.75, 3.05) is 0 Å². The van der Waals surface area contributed by atoms with Crippen LogP contribution in [0.4, 0.5) is 5.69 Å². The summed E-state index contributed by atoms with van der Waals surface area (Å²) in [5.74, 6) is 0. The summed E-state index contributed by atoms with van der Waals surface area (Å²) in [4.78, 5) is 10.3. The molecule has 1 aliphatic rings. The maximum absolute atomic E-state index is 10.6. The van der Waals surface area contributed by atoms with Gasteiger partial charge in [0.2, 0.25) is 0 Å². The minimum absolute atomic E-state index is 0.191. The molecule has 0 aliphatic heterocycles. The Morgan fingerprint density at radius 3 is 2.24 bits per heavy atom. The van der Waals surface area contributed by atoms with Gasteiger partial charge in [-0.25, -0.2) is 0 Å². The van der Waals surface area contributed by atoms with E-state index in [2.05, 4.69) is 6.92 Å². The van der Waals surface area contributed by atoms with Gasteiger partial charge in [-0.15, -0.1) is 0 Å². The van der Waals surface area contributed by atoms with E-state index in [1.165, 1.54) is 37.7 Å². The molecule has 0 radical (unpaired) electrons. The molecule has 1 saturated carbocycles. The van der Waals surface area contributed by atoms with Gasteiger partial charge in [0.1, 0.15) is 0 Å². The molecule has 3 heteroatoms. The Morgan fingerprint density at radius 2 is 1.76 bits per heavy atom. The lowest BCUT2D eigenvalue weighted by Crippen LogP contribution is -2.28. The Morgan fingerprint density at radius 1 is 1.18 bits per heavy atom. The normalized spacial score (nSPS) is 18.9. The van der Waals surface area contributed by atoms with Crippen molar-refractivity contribution in [3.63, 3.8) is 0 Å². The van der Waals surface area contributed by atoms with Crippen molar-refractivity contribution in [3.05, 3.63) is 39.9 Å². The van der Waals surface area contributed by atoms with Crippen LogP contribution in [0.25, 0.3) is 0 Å². The van der Waals surface area contributed by atoms with Crippen molar-refractivity contribution in [3.8, 4) is 0 Å². The predicted octanol–water partition coefficient (Wildman–Crippen LogP) is 4.21. The highest BCUT2D eigenvalue weighted by Crippen LogP contribution is 2.42. The van der Waals surface area contributed by atoms with Gasteiger partial charge in [0, 0.05) is 12.1 Å². The van der Waals surface area contributed by atoms with Crippen LogP contribution in [-0.2, 0) is 5.41 Å².